The summed E-state index contributed by atoms with van der Waals surface area (Å²) in [6.07, 6.45) is 1.77. The van der Waals surface area contributed by atoms with Crippen LogP contribution in [0, 0.1) is 5.41 Å². The van der Waals surface area contributed by atoms with Crippen LogP contribution < -0.4 is 0 Å². The molecular weight excluding hydrogens is 236 g/mol. The normalized spacial score (nSPS) is 25.5. The van der Waals surface area contributed by atoms with Crippen molar-refractivity contribution >= 4 is 24.4 Å². The quantitative estimate of drug-likeness (QED) is 0.758. The van der Waals surface area contributed by atoms with Gasteiger partial charge < -0.3 is 9.80 Å². The van der Waals surface area contributed by atoms with E-state index < -0.39 is 0 Å². The first-order chi connectivity index (χ1) is 7.94. The lowest BCUT2D eigenvalue weighted by molar-refractivity contribution is -0.154. The largest absolute Gasteiger partial charge is 0.331 e. The van der Waals surface area contributed by atoms with Crippen LogP contribution in [0.2, 0.25) is 0 Å². The Morgan fingerprint density at radius 3 is 2.76 bits per heavy atom. The smallest absolute Gasteiger partial charge is 0.245 e. The van der Waals surface area contributed by atoms with Crippen LogP contribution in [0.5, 0.6) is 0 Å². The molecule has 2 heterocycles. The third kappa shape index (κ3) is 2.44. The first kappa shape index (κ1) is 12.7. The molecular formula is C12H20N2O2S. The topological polar surface area (TPSA) is 40.6 Å². The van der Waals surface area contributed by atoms with Gasteiger partial charge in [0.05, 0.1) is 6.54 Å². The fourth-order valence-corrected chi connectivity index (χ4v) is 2.67. The zero-order valence-electron chi connectivity index (χ0n) is 10.5. The molecule has 2 aliphatic rings. The second-order valence-corrected chi connectivity index (χ2v) is 6.08. The molecule has 2 aliphatic heterocycles. The van der Waals surface area contributed by atoms with Gasteiger partial charge in [-0.1, -0.05) is 13.8 Å². The molecule has 96 valence electrons. The van der Waals surface area contributed by atoms with Gasteiger partial charge in [-0.3, -0.25) is 9.59 Å². The SMILES string of the molecule is CC(C)(CS)CN1CC(=O)N2CCCC2C1=O. The van der Waals surface area contributed by atoms with Crippen LogP contribution in [0.3, 0.4) is 0 Å². The van der Waals surface area contributed by atoms with E-state index in [1.165, 1.54) is 0 Å². The van der Waals surface area contributed by atoms with Crippen molar-refractivity contribution in [3.8, 4) is 0 Å². The van der Waals surface area contributed by atoms with Gasteiger partial charge in [0.15, 0.2) is 0 Å². The standard InChI is InChI=1S/C12H20N2O2S/c1-12(2,8-17)7-13-6-10(15)14-5-3-4-9(14)11(13)16/h9,17H,3-8H2,1-2H3. The van der Waals surface area contributed by atoms with Gasteiger partial charge in [0, 0.05) is 13.1 Å². The molecule has 0 aromatic heterocycles. The summed E-state index contributed by atoms with van der Waals surface area (Å²) in [6.45, 7) is 5.74. The molecule has 2 rings (SSSR count). The van der Waals surface area contributed by atoms with E-state index in [4.69, 9.17) is 0 Å². The van der Waals surface area contributed by atoms with Gasteiger partial charge in [-0.05, 0) is 24.0 Å². The number of piperazine rings is 1. The van der Waals surface area contributed by atoms with E-state index in [2.05, 4.69) is 26.5 Å². The lowest BCUT2D eigenvalue weighted by atomic mass is 9.94. The fraction of sp³-hybridized carbons (Fsp3) is 0.833. The van der Waals surface area contributed by atoms with Gasteiger partial charge in [0.2, 0.25) is 11.8 Å². The van der Waals surface area contributed by atoms with Crippen LogP contribution in [-0.4, -0.2) is 53.0 Å². The molecule has 4 nitrogen and oxygen atoms in total. The van der Waals surface area contributed by atoms with Crippen molar-refractivity contribution in [1.82, 2.24) is 9.80 Å². The van der Waals surface area contributed by atoms with Crippen molar-refractivity contribution in [3.63, 3.8) is 0 Å². The van der Waals surface area contributed by atoms with Crippen LogP contribution in [0.4, 0.5) is 0 Å². The summed E-state index contributed by atoms with van der Waals surface area (Å²) in [4.78, 5) is 27.6. The number of rotatable bonds is 3. The first-order valence-corrected chi connectivity index (χ1v) is 6.77. The Morgan fingerprint density at radius 1 is 1.41 bits per heavy atom. The molecule has 17 heavy (non-hydrogen) atoms. The van der Waals surface area contributed by atoms with E-state index in [1.54, 1.807) is 9.80 Å². The van der Waals surface area contributed by atoms with Crippen molar-refractivity contribution in [2.45, 2.75) is 32.7 Å². The number of carbonyl (C=O) groups excluding carboxylic acids is 2. The van der Waals surface area contributed by atoms with Crippen molar-refractivity contribution in [3.05, 3.63) is 0 Å². The van der Waals surface area contributed by atoms with Crippen molar-refractivity contribution in [2.75, 3.05) is 25.4 Å². The number of thiol groups is 1. The second kappa shape index (κ2) is 4.52. The van der Waals surface area contributed by atoms with E-state index in [0.717, 1.165) is 19.4 Å². The lowest BCUT2D eigenvalue weighted by Gasteiger charge is -2.39. The molecule has 0 N–H and O–H groups in total. The van der Waals surface area contributed by atoms with Gasteiger partial charge in [-0.25, -0.2) is 0 Å². The Morgan fingerprint density at radius 2 is 2.12 bits per heavy atom. The summed E-state index contributed by atoms with van der Waals surface area (Å²) >= 11 is 4.29. The summed E-state index contributed by atoms with van der Waals surface area (Å²) in [5, 5.41) is 0. The van der Waals surface area contributed by atoms with E-state index in [1.807, 2.05) is 0 Å². The third-order valence-corrected chi connectivity index (χ3v) is 4.40. The Hall–Kier alpha value is -0.710. The molecule has 5 heteroatoms. The highest BCUT2D eigenvalue weighted by atomic mass is 32.1. The number of hydrogen-bond acceptors (Lipinski definition) is 3. The maximum absolute atomic E-state index is 12.3. The molecule has 0 radical (unpaired) electrons. The van der Waals surface area contributed by atoms with Gasteiger partial charge in [-0.15, -0.1) is 0 Å². The summed E-state index contributed by atoms with van der Waals surface area (Å²) in [6, 6.07) is -0.188. The molecule has 0 aromatic carbocycles. The molecule has 0 aromatic rings. The first-order valence-electron chi connectivity index (χ1n) is 6.14. The predicted octanol–water partition coefficient (Wildman–Crippen LogP) is 0.776. The number of nitrogens with zero attached hydrogens (tertiary/aromatic N) is 2. The Labute approximate surface area is 108 Å². The molecule has 0 spiro atoms. The van der Waals surface area contributed by atoms with Crippen molar-refractivity contribution < 1.29 is 9.59 Å². The number of amides is 2. The molecule has 2 amide bonds. The maximum atomic E-state index is 12.3. The van der Waals surface area contributed by atoms with Gasteiger partial charge in [0.1, 0.15) is 6.04 Å². The van der Waals surface area contributed by atoms with E-state index in [9.17, 15) is 9.59 Å². The Balaban J connectivity index is 2.09. The Kier molecular flexibility index (Phi) is 3.39. The molecule has 2 saturated heterocycles. The number of hydrogen-bond donors (Lipinski definition) is 1. The number of carbonyl (C=O) groups is 2. The minimum atomic E-state index is -0.188. The number of fused-ring (bicyclic) bond motifs is 1. The highest BCUT2D eigenvalue weighted by Crippen LogP contribution is 2.26. The zero-order chi connectivity index (χ0) is 12.6. The van der Waals surface area contributed by atoms with Gasteiger partial charge >= 0.3 is 0 Å². The maximum Gasteiger partial charge on any atom is 0.245 e. The van der Waals surface area contributed by atoms with E-state index >= 15 is 0 Å². The van der Waals surface area contributed by atoms with Gasteiger partial charge in [0.25, 0.3) is 0 Å². The van der Waals surface area contributed by atoms with Crippen LogP contribution in [-0.2, 0) is 9.59 Å². The van der Waals surface area contributed by atoms with Gasteiger partial charge in [-0.2, -0.15) is 12.6 Å². The lowest BCUT2D eigenvalue weighted by Crippen LogP contribution is -2.59. The van der Waals surface area contributed by atoms with Crippen LogP contribution in [0.25, 0.3) is 0 Å². The average Bonchev–Trinajstić information content (AvgIpc) is 2.75. The monoisotopic (exact) mass is 256 g/mol. The minimum Gasteiger partial charge on any atom is -0.331 e. The highest BCUT2D eigenvalue weighted by Gasteiger charge is 2.42. The van der Waals surface area contributed by atoms with Crippen molar-refractivity contribution in [2.24, 2.45) is 5.41 Å². The molecule has 0 aliphatic carbocycles. The third-order valence-electron chi connectivity index (χ3n) is 3.54. The van der Waals surface area contributed by atoms with Crippen LogP contribution in [0.1, 0.15) is 26.7 Å². The molecule has 2 fully saturated rings. The summed E-state index contributed by atoms with van der Waals surface area (Å²) in [5.41, 5.74) is -0.0418. The van der Waals surface area contributed by atoms with Crippen LogP contribution in [0.15, 0.2) is 0 Å². The van der Waals surface area contributed by atoms with E-state index in [0.29, 0.717) is 12.3 Å². The predicted molar refractivity (Wildman–Crippen MR) is 68.9 cm³/mol. The average molecular weight is 256 g/mol. The summed E-state index contributed by atoms with van der Waals surface area (Å²) in [5.74, 6) is 0.929. The summed E-state index contributed by atoms with van der Waals surface area (Å²) in [7, 11) is 0. The minimum absolute atomic E-state index is 0.0418. The molecule has 0 bridgehead atoms. The van der Waals surface area contributed by atoms with E-state index in [-0.39, 0.29) is 29.8 Å². The van der Waals surface area contributed by atoms with Crippen molar-refractivity contribution in [1.29, 1.82) is 0 Å². The Bertz CT molecular complexity index is 343. The summed E-state index contributed by atoms with van der Waals surface area (Å²) < 4.78 is 0. The molecule has 1 atom stereocenters. The highest BCUT2D eigenvalue weighted by molar-refractivity contribution is 7.80. The zero-order valence-corrected chi connectivity index (χ0v) is 11.4. The fourth-order valence-electron chi connectivity index (χ4n) is 2.57. The second-order valence-electron chi connectivity index (χ2n) is 5.76. The molecule has 0 saturated carbocycles. The molecule has 1 unspecified atom stereocenters. The van der Waals surface area contributed by atoms with Crippen LogP contribution >= 0.6 is 12.6 Å².